The third-order valence-electron chi connectivity index (χ3n) is 3.09. The van der Waals surface area contributed by atoms with Crippen LogP contribution in [0.3, 0.4) is 0 Å². The molecule has 5 heteroatoms. The summed E-state index contributed by atoms with van der Waals surface area (Å²) in [6, 6.07) is 0. The molecule has 3 atom stereocenters. The van der Waals surface area contributed by atoms with Crippen LogP contribution in [-0.2, 0) is 14.3 Å². The second kappa shape index (κ2) is 3.48. The molecule has 0 amide bonds. The molecular formula is C10H16O5. The van der Waals surface area contributed by atoms with Gasteiger partial charge in [0.25, 0.3) is 0 Å². The standard InChI is InChI=1S/C10H16O5/c1-6-4-9(2,5-7(11)12)15-10(6,3)8(13)14/h6H,4-5H2,1-3H3,(H,11,12)(H,13,14)/t6-,9+,10-/m0/s1. The normalized spacial score (nSPS) is 40.3. The number of aliphatic carboxylic acids is 2. The van der Waals surface area contributed by atoms with E-state index in [-0.39, 0.29) is 12.3 Å². The minimum atomic E-state index is -1.27. The van der Waals surface area contributed by atoms with E-state index in [4.69, 9.17) is 14.9 Å². The van der Waals surface area contributed by atoms with Crippen LogP contribution in [0.15, 0.2) is 0 Å². The highest BCUT2D eigenvalue weighted by Crippen LogP contribution is 2.43. The SMILES string of the molecule is C[C@H]1C[C@](C)(CC(=O)O)O[C@]1(C)C(=O)O. The zero-order chi connectivity index (χ0) is 11.9. The fourth-order valence-electron chi connectivity index (χ4n) is 2.18. The fourth-order valence-corrected chi connectivity index (χ4v) is 2.18. The average Bonchev–Trinajstić information content (AvgIpc) is 2.21. The first kappa shape index (κ1) is 12.0. The van der Waals surface area contributed by atoms with Crippen molar-refractivity contribution in [1.29, 1.82) is 0 Å². The van der Waals surface area contributed by atoms with E-state index in [1.165, 1.54) is 6.92 Å². The summed E-state index contributed by atoms with van der Waals surface area (Å²) < 4.78 is 5.44. The van der Waals surface area contributed by atoms with E-state index in [2.05, 4.69) is 0 Å². The summed E-state index contributed by atoms with van der Waals surface area (Å²) in [5.41, 5.74) is -2.15. The number of hydrogen-bond acceptors (Lipinski definition) is 3. The van der Waals surface area contributed by atoms with Crippen LogP contribution in [0.25, 0.3) is 0 Å². The molecule has 0 saturated carbocycles. The van der Waals surface area contributed by atoms with Crippen molar-refractivity contribution in [1.82, 2.24) is 0 Å². The topological polar surface area (TPSA) is 83.8 Å². The predicted molar refractivity (Wildman–Crippen MR) is 51.6 cm³/mol. The maximum atomic E-state index is 11.0. The third-order valence-corrected chi connectivity index (χ3v) is 3.09. The molecule has 0 radical (unpaired) electrons. The highest BCUT2D eigenvalue weighted by molar-refractivity contribution is 5.78. The van der Waals surface area contributed by atoms with Gasteiger partial charge in [0, 0.05) is 0 Å². The number of carboxylic acids is 2. The summed E-state index contributed by atoms with van der Waals surface area (Å²) in [5.74, 6) is -2.21. The van der Waals surface area contributed by atoms with E-state index in [0.29, 0.717) is 6.42 Å². The lowest BCUT2D eigenvalue weighted by atomic mass is 9.86. The molecule has 86 valence electrons. The van der Waals surface area contributed by atoms with E-state index in [0.717, 1.165) is 0 Å². The van der Waals surface area contributed by atoms with Gasteiger partial charge in [-0.3, -0.25) is 4.79 Å². The molecule has 1 rings (SSSR count). The van der Waals surface area contributed by atoms with Gasteiger partial charge in [-0.15, -0.1) is 0 Å². The minimum Gasteiger partial charge on any atom is -0.481 e. The van der Waals surface area contributed by atoms with Crippen LogP contribution < -0.4 is 0 Å². The Labute approximate surface area is 88.0 Å². The van der Waals surface area contributed by atoms with Gasteiger partial charge in [0.2, 0.25) is 0 Å². The Morgan fingerprint density at radius 2 is 1.93 bits per heavy atom. The maximum absolute atomic E-state index is 11.0. The van der Waals surface area contributed by atoms with Crippen molar-refractivity contribution in [3.63, 3.8) is 0 Å². The number of rotatable bonds is 3. The number of carbonyl (C=O) groups is 2. The molecule has 1 heterocycles. The smallest absolute Gasteiger partial charge is 0.335 e. The van der Waals surface area contributed by atoms with Crippen LogP contribution in [0.4, 0.5) is 0 Å². The third kappa shape index (κ3) is 2.12. The van der Waals surface area contributed by atoms with Crippen molar-refractivity contribution >= 4 is 11.9 Å². The summed E-state index contributed by atoms with van der Waals surface area (Å²) in [5, 5.41) is 17.7. The van der Waals surface area contributed by atoms with Gasteiger partial charge in [0.1, 0.15) is 0 Å². The van der Waals surface area contributed by atoms with Crippen LogP contribution in [0.1, 0.15) is 33.6 Å². The Kier molecular flexibility index (Phi) is 2.78. The summed E-state index contributed by atoms with van der Waals surface area (Å²) in [4.78, 5) is 21.7. The largest absolute Gasteiger partial charge is 0.481 e. The van der Waals surface area contributed by atoms with Crippen LogP contribution >= 0.6 is 0 Å². The van der Waals surface area contributed by atoms with Gasteiger partial charge < -0.3 is 14.9 Å². The first-order valence-electron chi connectivity index (χ1n) is 4.85. The van der Waals surface area contributed by atoms with Gasteiger partial charge in [0.05, 0.1) is 12.0 Å². The molecule has 1 aliphatic heterocycles. The van der Waals surface area contributed by atoms with Gasteiger partial charge in [-0.05, 0) is 26.2 Å². The second-order valence-corrected chi connectivity index (χ2v) is 4.64. The van der Waals surface area contributed by atoms with E-state index >= 15 is 0 Å². The van der Waals surface area contributed by atoms with Crippen molar-refractivity contribution < 1.29 is 24.5 Å². The molecule has 1 aliphatic rings. The molecule has 1 saturated heterocycles. The Bertz CT molecular complexity index is 300. The van der Waals surface area contributed by atoms with Gasteiger partial charge >= 0.3 is 11.9 Å². The molecule has 0 unspecified atom stereocenters. The van der Waals surface area contributed by atoms with Crippen LogP contribution in [0, 0.1) is 5.92 Å². The summed E-state index contributed by atoms with van der Waals surface area (Å²) >= 11 is 0. The summed E-state index contributed by atoms with van der Waals surface area (Å²) in [6.07, 6.45) is 0.280. The first-order chi connectivity index (χ1) is 6.69. The Hall–Kier alpha value is -1.10. The van der Waals surface area contributed by atoms with Gasteiger partial charge in [-0.2, -0.15) is 0 Å². The van der Waals surface area contributed by atoms with Crippen molar-refractivity contribution in [2.24, 2.45) is 5.92 Å². The maximum Gasteiger partial charge on any atom is 0.335 e. The molecule has 0 bridgehead atoms. The second-order valence-electron chi connectivity index (χ2n) is 4.64. The van der Waals surface area contributed by atoms with Crippen LogP contribution in [-0.4, -0.2) is 33.4 Å². The highest BCUT2D eigenvalue weighted by Gasteiger charge is 2.54. The Balaban J connectivity index is 2.87. The number of hydrogen-bond donors (Lipinski definition) is 2. The van der Waals surface area contributed by atoms with E-state index in [1.54, 1.807) is 13.8 Å². The van der Waals surface area contributed by atoms with Gasteiger partial charge in [-0.25, -0.2) is 4.79 Å². The molecule has 0 aromatic rings. The molecule has 0 spiro atoms. The molecule has 15 heavy (non-hydrogen) atoms. The Morgan fingerprint density at radius 1 is 1.40 bits per heavy atom. The van der Waals surface area contributed by atoms with Crippen molar-refractivity contribution in [2.45, 2.75) is 44.8 Å². The lowest BCUT2D eigenvalue weighted by Gasteiger charge is -2.27. The van der Waals surface area contributed by atoms with E-state index in [9.17, 15) is 9.59 Å². The molecule has 0 aromatic heterocycles. The summed E-state index contributed by atoms with van der Waals surface area (Å²) in [7, 11) is 0. The molecular weight excluding hydrogens is 200 g/mol. The molecule has 2 N–H and O–H groups in total. The van der Waals surface area contributed by atoms with Gasteiger partial charge in [0.15, 0.2) is 5.60 Å². The van der Waals surface area contributed by atoms with Crippen LogP contribution in [0.5, 0.6) is 0 Å². The fraction of sp³-hybridized carbons (Fsp3) is 0.800. The van der Waals surface area contributed by atoms with E-state index < -0.39 is 23.1 Å². The lowest BCUT2D eigenvalue weighted by molar-refractivity contribution is -0.176. The first-order valence-corrected chi connectivity index (χ1v) is 4.85. The lowest BCUT2D eigenvalue weighted by Crippen LogP contribution is -2.42. The predicted octanol–water partition coefficient (Wildman–Crippen LogP) is 1.12. The number of ether oxygens (including phenoxy) is 1. The zero-order valence-corrected chi connectivity index (χ0v) is 9.11. The zero-order valence-electron chi connectivity index (χ0n) is 9.11. The highest BCUT2D eigenvalue weighted by atomic mass is 16.6. The number of carboxylic acid groups (broad SMARTS) is 2. The molecule has 5 nitrogen and oxygen atoms in total. The van der Waals surface area contributed by atoms with Crippen molar-refractivity contribution in [3.05, 3.63) is 0 Å². The van der Waals surface area contributed by atoms with Crippen molar-refractivity contribution in [2.75, 3.05) is 0 Å². The quantitative estimate of drug-likeness (QED) is 0.738. The van der Waals surface area contributed by atoms with E-state index in [1.807, 2.05) is 0 Å². The summed E-state index contributed by atoms with van der Waals surface area (Å²) in [6.45, 7) is 4.90. The minimum absolute atomic E-state index is 0.166. The van der Waals surface area contributed by atoms with Crippen molar-refractivity contribution in [3.8, 4) is 0 Å². The Morgan fingerprint density at radius 3 is 2.27 bits per heavy atom. The van der Waals surface area contributed by atoms with Gasteiger partial charge in [-0.1, -0.05) is 6.92 Å². The monoisotopic (exact) mass is 216 g/mol. The molecule has 0 aromatic carbocycles. The molecule has 0 aliphatic carbocycles. The average molecular weight is 216 g/mol. The molecule has 1 fully saturated rings. The van der Waals surface area contributed by atoms with Crippen LogP contribution in [0.2, 0.25) is 0 Å².